The molecule has 1 aromatic carbocycles. The lowest BCUT2D eigenvalue weighted by Gasteiger charge is -2.35. The van der Waals surface area contributed by atoms with Crippen molar-refractivity contribution >= 4 is 46.6 Å². The van der Waals surface area contributed by atoms with E-state index in [1.807, 2.05) is 39.8 Å². The third kappa shape index (κ3) is 8.47. The monoisotopic (exact) mass is 682 g/mol. The number of hydrogen-bond acceptors (Lipinski definition) is 7. The number of carbonyl (C=O) groups is 5. The zero-order chi connectivity index (χ0) is 35.0. The summed E-state index contributed by atoms with van der Waals surface area (Å²) in [7, 11) is 0. The van der Waals surface area contributed by atoms with Crippen LogP contribution < -0.4 is 10.6 Å². The van der Waals surface area contributed by atoms with E-state index in [0.29, 0.717) is 41.8 Å². The molecule has 262 valence electrons. The zero-order valence-electron chi connectivity index (χ0n) is 29.1. The van der Waals surface area contributed by atoms with E-state index in [4.69, 9.17) is 16.4 Å². The fourth-order valence-electron chi connectivity index (χ4n) is 7.16. The van der Waals surface area contributed by atoms with Gasteiger partial charge in [0.15, 0.2) is 5.60 Å². The molecule has 2 aliphatic carbocycles. The molecule has 2 saturated carbocycles. The summed E-state index contributed by atoms with van der Waals surface area (Å²) in [5.41, 5.74) is -0.220. The number of rotatable bonds is 14. The molecule has 0 bridgehead atoms. The van der Waals surface area contributed by atoms with Gasteiger partial charge in [0.2, 0.25) is 29.3 Å². The average Bonchev–Trinajstić information content (AvgIpc) is 3.91. The van der Waals surface area contributed by atoms with E-state index >= 15 is 0 Å². The molecule has 3 fully saturated rings. The second kappa shape index (κ2) is 14.3. The highest BCUT2D eigenvalue weighted by Crippen LogP contribution is 2.44. The number of oxime groups is 1. The van der Waals surface area contributed by atoms with Crippen LogP contribution in [0.2, 0.25) is 5.02 Å². The van der Waals surface area contributed by atoms with E-state index in [0.717, 1.165) is 31.2 Å². The van der Waals surface area contributed by atoms with Crippen molar-refractivity contribution < 1.29 is 28.8 Å². The maximum Gasteiger partial charge on any atom is 0.246 e. The minimum absolute atomic E-state index is 0.0618. The highest BCUT2D eigenvalue weighted by atomic mass is 35.5. The quantitative estimate of drug-likeness (QED) is 0.258. The number of halogens is 1. The summed E-state index contributed by atoms with van der Waals surface area (Å²) in [6.07, 6.45) is 5.20. The zero-order valence-corrected chi connectivity index (χ0v) is 29.9. The van der Waals surface area contributed by atoms with Gasteiger partial charge in [-0.1, -0.05) is 76.9 Å². The van der Waals surface area contributed by atoms with Crippen molar-refractivity contribution in [2.45, 2.75) is 123 Å². The first-order valence-electron chi connectivity index (χ1n) is 17.6. The molecule has 4 aliphatic rings. The topological polar surface area (TPSA) is 134 Å². The lowest BCUT2D eigenvalue weighted by molar-refractivity contribution is -0.145. The van der Waals surface area contributed by atoms with Gasteiger partial charge in [-0.3, -0.25) is 24.0 Å². The van der Waals surface area contributed by atoms with Crippen LogP contribution in [0.15, 0.2) is 29.4 Å². The standard InChI is InChI=1S/C37H51ClN4O6/c1-7-9-27(31(44)30(43)15-22-12-13-22)39-34(46)29-19-37(18-28(41-48-37)23-10-8-11-25(38)16-23)20-42(29)35(47)32(36(4,5)6)40-33(45)26-17-24(26)14-21(2)3/h8,10-11,16,21-22,24,26-27,29,32H,7,9,12-15,17-20H2,1-6H3,(H,39,46)(H,40,45)/t24-,26?,27-,29-,32+,37+/m0/s1. The molecule has 11 heteroatoms. The Labute approximate surface area is 289 Å². The van der Waals surface area contributed by atoms with E-state index in [1.165, 1.54) is 4.90 Å². The molecule has 5 rings (SSSR count). The van der Waals surface area contributed by atoms with Crippen molar-refractivity contribution in [1.29, 1.82) is 0 Å². The molecular weight excluding hydrogens is 632 g/mol. The smallest absolute Gasteiger partial charge is 0.246 e. The highest BCUT2D eigenvalue weighted by Gasteiger charge is 2.56. The Bertz CT molecular complexity index is 1470. The number of Topliss-reactive ketones (excluding diaryl/α,β-unsaturated/α-hetero) is 2. The average molecular weight is 683 g/mol. The lowest BCUT2D eigenvalue weighted by atomic mass is 9.85. The van der Waals surface area contributed by atoms with Crippen molar-refractivity contribution in [3.8, 4) is 0 Å². The van der Waals surface area contributed by atoms with E-state index in [9.17, 15) is 24.0 Å². The summed E-state index contributed by atoms with van der Waals surface area (Å²) >= 11 is 6.25. The van der Waals surface area contributed by atoms with Crippen molar-refractivity contribution in [3.63, 3.8) is 0 Å². The van der Waals surface area contributed by atoms with Gasteiger partial charge in [0.1, 0.15) is 12.1 Å². The van der Waals surface area contributed by atoms with Crippen LogP contribution in [-0.2, 0) is 28.8 Å². The Balaban J connectivity index is 1.38. The van der Waals surface area contributed by atoms with Crippen LogP contribution in [0.5, 0.6) is 0 Å². The fraction of sp³-hybridized carbons (Fsp3) is 0.676. The molecular formula is C37H51ClN4O6. The van der Waals surface area contributed by atoms with E-state index in [-0.39, 0.29) is 37.1 Å². The number of hydrogen-bond donors (Lipinski definition) is 2. The summed E-state index contributed by atoms with van der Waals surface area (Å²) in [4.78, 5) is 75.7. The number of likely N-dealkylation sites (tertiary alicyclic amines) is 1. The predicted molar refractivity (Wildman–Crippen MR) is 183 cm³/mol. The van der Waals surface area contributed by atoms with E-state index < -0.39 is 52.5 Å². The van der Waals surface area contributed by atoms with Gasteiger partial charge in [0, 0.05) is 35.8 Å². The van der Waals surface area contributed by atoms with E-state index in [1.54, 1.807) is 12.1 Å². The number of benzene rings is 1. The summed E-state index contributed by atoms with van der Waals surface area (Å²) in [6.45, 7) is 11.9. The summed E-state index contributed by atoms with van der Waals surface area (Å²) in [5, 5.41) is 10.8. The minimum Gasteiger partial charge on any atom is -0.387 e. The second-order valence-electron chi connectivity index (χ2n) is 16.0. The number of carbonyl (C=O) groups excluding carboxylic acids is 5. The van der Waals surface area contributed by atoms with Crippen LogP contribution >= 0.6 is 11.6 Å². The van der Waals surface area contributed by atoms with Gasteiger partial charge in [-0.05, 0) is 67.4 Å². The third-order valence-corrected chi connectivity index (χ3v) is 10.3. The van der Waals surface area contributed by atoms with Crippen LogP contribution in [0.25, 0.3) is 0 Å². The summed E-state index contributed by atoms with van der Waals surface area (Å²) in [6, 6.07) is 4.38. The normalized spacial score (nSPS) is 26.1. The Hall–Kier alpha value is -3.27. The summed E-state index contributed by atoms with van der Waals surface area (Å²) < 4.78 is 0. The Morgan fingerprint density at radius 2 is 1.83 bits per heavy atom. The molecule has 2 heterocycles. The van der Waals surface area contributed by atoms with E-state index in [2.05, 4.69) is 29.6 Å². The van der Waals surface area contributed by atoms with Crippen molar-refractivity contribution in [2.24, 2.45) is 34.2 Å². The predicted octanol–water partition coefficient (Wildman–Crippen LogP) is 5.24. The van der Waals surface area contributed by atoms with Gasteiger partial charge >= 0.3 is 0 Å². The molecule has 1 unspecified atom stereocenters. The summed E-state index contributed by atoms with van der Waals surface area (Å²) in [5.74, 6) is -1.21. The Morgan fingerprint density at radius 3 is 2.46 bits per heavy atom. The van der Waals surface area contributed by atoms with Crippen LogP contribution in [0.3, 0.4) is 0 Å². The van der Waals surface area contributed by atoms with Crippen molar-refractivity contribution in [3.05, 3.63) is 34.9 Å². The molecule has 6 atom stereocenters. The minimum atomic E-state index is -1.01. The molecule has 0 aromatic heterocycles. The van der Waals surface area contributed by atoms with Gasteiger partial charge in [-0.15, -0.1) is 0 Å². The third-order valence-electron chi connectivity index (χ3n) is 10.1. The van der Waals surface area contributed by atoms with Crippen molar-refractivity contribution in [1.82, 2.24) is 15.5 Å². The maximum atomic E-state index is 14.6. The van der Waals surface area contributed by atoms with Crippen LogP contribution in [-0.4, -0.2) is 70.2 Å². The first-order valence-corrected chi connectivity index (χ1v) is 18.0. The lowest BCUT2D eigenvalue weighted by Crippen LogP contribution is -2.59. The van der Waals surface area contributed by atoms with Crippen LogP contribution in [0.1, 0.15) is 105 Å². The molecule has 10 nitrogen and oxygen atoms in total. The molecule has 1 spiro atoms. The maximum absolute atomic E-state index is 14.6. The van der Waals surface area contributed by atoms with Gasteiger partial charge in [-0.25, -0.2) is 0 Å². The molecule has 2 N–H and O–H groups in total. The van der Waals surface area contributed by atoms with Gasteiger partial charge in [-0.2, -0.15) is 0 Å². The molecule has 0 radical (unpaired) electrons. The number of ketones is 2. The van der Waals surface area contributed by atoms with Crippen molar-refractivity contribution in [2.75, 3.05) is 6.54 Å². The van der Waals surface area contributed by atoms with Gasteiger partial charge in [0.25, 0.3) is 0 Å². The van der Waals surface area contributed by atoms with Crippen LogP contribution in [0.4, 0.5) is 0 Å². The molecule has 1 aromatic rings. The number of amides is 3. The second-order valence-corrected chi connectivity index (χ2v) is 16.4. The molecule has 3 amide bonds. The SMILES string of the molecule is CCC[C@H](NC(=O)[C@@H]1C[C@]2(CC(c3cccc(Cl)c3)=NO2)CN1C(=O)[C@@H](NC(=O)C1C[C@@H]1CC(C)C)C(C)(C)C)C(=O)C(=O)CC1CC1. The van der Waals surface area contributed by atoms with Gasteiger partial charge in [0.05, 0.1) is 18.3 Å². The molecule has 1 saturated heterocycles. The fourth-order valence-corrected chi connectivity index (χ4v) is 7.35. The Morgan fingerprint density at radius 1 is 1.10 bits per heavy atom. The first kappa shape index (κ1) is 36.0. The number of nitrogens with zero attached hydrogens (tertiary/aromatic N) is 2. The molecule has 48 heavy (non-hydrogen) atoms. The molecule has 2 aliphatic heterocycles. The van der Waals surface area contributed by atoms with Gasteiger partial charge < -0.3 is 20.4 Å². The largest absolute Gasteiger partial charge is 0.387 e. The highest BCUT2D eigenvalue weighted by molar-refractivity contribution is 6.39. The Kier molecular flexibility index (Phi) is 10.7. The first-order chi connectivity index (χ1) is 22.6. The van der Waals surface area contributed by atoms with Crippen LogP contribution in [0, 0.1) is 29.1 Å². The number of nitrogens with one attached hydrogen (secondary N) is 2.